The molecular formula is C8H16ClFN2. The van der Waals surface area contributed by atoms with Gasteiger partial charge in [0.15, 0.2) is 0 Å². The van der Waals surface area contributed by atoms with Gasteiger partial charge < -0.3 is 5.73 Å². The first-order valence-electron chi connectivity index (χ1n) is 3.97. The molecule has 2 N–H and O–H groups in total. The maximum absolute atomic E-state index is 12.8. The van der Waals surface area contributed by atoms with Gasteiger partial charge in [0.2, 0.25) is 0 Å². The molecular weight excluding hydrogens is 179 g/mol. The van der Waals surface area contributed by atoms with Crippen molar-refractivity contribution in [3.8, 4) is 0 Å². The van der Waals surface area contributed by atoms with E-state index in [-0.39, 0.29) is 18.4 Å². The Morgan fingerprint density at radius 3 is 2.83 bits per heavy atom. The maximum Gasteiger partial charge on any atom is 0.114 e. The molecule has 1 fully saturated rings. The van der Waals surface area contributed by atoms with Crippen LogP contribution < -0.4 is 5.73 Å². The zero-order valence-corrected chi connectivity index (χ0v) is 7.89. The second-order valence-electron chi connectivity index (χ2n) is 2.97. The topological polar surface area (TPSA) is 29.3 Å². The number of likely N-dealkylation sites (tertiary alicyclic amines) is 1. The van der Waals surface area contributed by atoms with Crippen LogP contribution in [0, 0.1) is 0 Å². The number of alkyl halides is 1. The van der Waals surface area contributed by atoms with Crippen LogP contribution in [0.3, 0.4) is 0 Å². The number of hydrogen-bond donors (Lipinski definition) is 1. The Morgan fingerprint density at radius 1 is 1.67 bits per heavy atom. The number of rotatable bonds is 3. The van der Waals surface area contributed by atoms with Crippen LogP contribution in [0.5, 0.6) is 0 Å². The SMILES string of the molecule is C=CCN1C[C@@H](F)C[C@H]1CN.Cl. The molecule has 0 aromatic heterocycles. The molecule has 0 aliphatic carbocycles. The number of nitrogens with two attached hydrogens (primary N) is 1. The zero-order valence-electron chi connectivity index (χ0n) is 7.08. The lowest BCUT2D eigenvalue weighted by Gasteiger charge is -2.20. The summed E-state index contributed by atoms with van der Waals surface area (Å²) in [6.07, 6.45) is 1.69. The summed E-state index contributed by atoms with van der Waals surface area (Å²) in [6.45, 7) is 5.44. The fourth-order valence-corrected chi connectivity index (χ4v) is 1.56. The highest BCUT2D eigenvalue weighted by Gasteiger charge is 2.29. The molecule has 1 aliphatic heterocycles. The van der Waals surface area contributed by atoms with Crippen LogP contribution >= 0.6 is 12.4 Å². The van der Waals surface area contributed by atoms with E-state index < -0.39 is 6.17 Å². The van der Waals surface area contributed by atoms with Crippen LogP contribution in [0.1, 0.15) is 6.42 Å². The average molecular weight is 195 g/mol. The van der Waals surface area contributed by atoms with E-state index in [2.05, 4.69) is 6.58 Å². The standard InChI is InChI=1S/C8H15FN2.ClH/c1-2-3-11-6-7(9)4-8(11)5-10;/h2,7-8H,1,3-6,10H2;1H/t7-,8-;/m0./s1. The van der Waals surface area contributed by atoms with Gasteiger partial charge in [-0.15, -0.1) is 19.0 Å². The lowest BCUT2D eigenvalue weighted by atomic mass is 10.2. The fraction of sp³-hybridized carbons (Fsp3) is 0.750. The minimum absolute atomic E-state index is 0. The molecule has 0 spiro atoms. The van der Waals surface area contributed by atoms with Gasteiger partial charge >= 0.3 is 0 Å². The van der Waals surface area contributed by atoms with Crippen molar-refractivity contribution in [2.24, 2.45) is 5.73 Å². The summed E-state index contributed by atoms with van der Waals surface area (Å²) in [5.74, 6) is 0. The summed E-state index contributed by atoms with van der Waals surface area (Å²) in [5.41, 5.74) is 5.47. The van der Waals surface area contributed by atoms with Crippen LogP contribution in [0.25, 0.3) is 0 Å². The average Bonchev–Trinajstić information content (AvgIpc) is 2.32. The Labute approximate surface area is 79.0 Å². The number of halogens is 2. The summed E-state index contributed by atoms with van der Waals surface area (Å²) in [5, 5.41) is 0. The minimum Gasteiger partial charge on any atom is -0.329 e. The fourth-order valence-electron chi connectivity index (χ4n) is 1.56. The van der Waals surface area contributed by atoms with Gasteiger partial charge in [0.05, 0.1) is 0 Å². The lowest BCUT2D eigenvalue weighted by molar-refractivity contribution is 0.271. The summed E-state index contributed by atoms with van der Waals surface area (Å²) in [6, 6.07) is 0.225. The van der Waals surface area contributed by atoms with E-state index in [1.165, 1.54) is 0 Å². The Hall–Kier alpha value is -0.120. The summed E-state index contributed by atoms with van der Waals surface area (Å²) >= 11 is 0. The van der Waals surface area contributed by atoms with Crippen LogP contribution in [0.2, 0.25) is 0 Å². The Balaban J connectivity index is 0.00000121. The van der Waals surface area contributed by atoms with Crippen LogP contribution in [0.4, 0.5) is 4.39 Å². The summed E-state index contributed by atoms with van der Waals surface area (Å²) < 4.78 is 12.8. The van der Waals surface area contributed by atoms with Crippen molar-refractivity contribution in [2.75, 3.05) is 19.6 Å². The Bertz CT molecular complexity index is 143. The summed E-state index contributed by atoms with van der Waals surface area (Å²) in [7, 11) is 0. The number of nitrogens with zero attached hydrogens (tertiary/aromatic N) is 1. The second-order valence-corrected chi connectivity index (χ2v) is 2.97. The van der Waals surface area contributed by atoms with E-state index in [1.54, 1.807) is 6.08 Å². The first-order chi connectivity index (χ1) is 5.27. The third-order valence-corrected chi connectivity index (χ3v) is 2.11. The molecule has 0 bridgehead atoms. The highest BCUT2D eigenvalue weighted by atomic mass is 35.5. The van der Waals surface area contributed by atoms with Crippen molar-refractivity contribution >= 4 is 12.4 Å². The van der Waals surface area contributed by atoms with Gasteiger partial charge in [0, 0.05) is 25.7 Å². The number of hydrogen-bond acceptors (Lipinski definition) is 2. The molecule has 0 aromatic carbocycles. The van der Waals surface area contributed by atoms with Crippen LogP contribution in [-0.4, -0.2) is 36.7 Å². The molecule has 12 heavy (non-hydrogen) atoms. The van der Waals surface area contributed by atoms with E-state index in [4.69, 9.17) is 5.73 Å². The van der Waals surface area contributed by atoms with Gasteiger partial charge in [-0.05, 0) is 6.42 Å². The minimum atomic E-state index is -0.691. The quantitative estimate of drug-likeness (QED) is 0.679. The smallest absolute Gasteiger partial charge is 0.114 e. The van der Waals surface area contributed by atoms with E-state index in [0.29, 0.717) is 19.5 Å². The molecule has 0 aromatic rings. The predicted octanol–water partition coefficient (Wildman–Crippen LogP) is 0.965. The predicted molar refractivity (Wildman–Crippen MR) is 51.4 cm³/mol. The molecule has 2 atom stereocenters. The van der Waals surface area contributed by atoms with E-state index in [1.807, 2.05) is 4.90 Å². The highest BCUT2D eigenvalue weighted by molar-refractivity contribution is 5.85. The molecule has 1 aliphatic rings. The van der Waals surface area contributed by atoms with Gasteiger partial charge in [-0.25, -0.2) is 4.39 Å². The molecule has 2 nitrogen and oxygen atoms in total. The molecule has 1 saturated heterocycles. The van der Waals surface area contributed by atoms with Gasteiger partial charge in [-0.2, -0.15) is 0 Å². The highest BCUT2D eigenvalue weighted by Crippen LogP contribution is 2.18. The van der Waals surface area contributed by atoms with Crippen molar-refractivity contribution in [2.45, 2.75) is 18.6 Å². The second kappa shape index (κ2) is 5.51. The monoisotopic (exact) mass is 194 g/mol. The largest absolute Gasteiger partial charge is 0.329 e. The molecule has 1 heterocycles. The van der Waals surface area contributed by atoms with E-state index in [9.17, 15) is 4.39 Å². The lowest BCUT2D eigenvalue weighted by Crippen LogP contribution is -2.35. The van der Waals surface area contributed by atoms with E-state index >= 15 is 0 Å². The van der Waals surface area contributed by atoms with Crippen LogP contribution in [-0.2, 0) is 0 Å². The first kappa shape index (κ1) is 11.9. The first-order valence-corrected chi connectivity index (χ1v) is 3.97. The molecule has 4 heteroatoms. The normalized spacial score (nSPS) is 29.8. The van der Waals surface area contributed by atoms with Crippen molar-refractivity contribution in [3.05, 3.63) is 12.7 Å². The van der Waals surface area contributed by atoms with Gasteiger partial charge in [0.1, 0.15) is 6.17 Å². The van der Waals surface area contributed by atoms with Crippen molar-refractivity contribution in [1.82, 2.24) is 4.90 Å². The van der Waals surface area contributed by atoms with Gasteiger partial charge in [-0.3, -0.25) is 4.90 Å². The van der Waals surface area contributed by atoms with Crippen molar-refractivity contribution in [1.29, 1.82) is 0 Å². The maximum atomic E-state index is 12.8. The zero-order chi connectivity index (χ0) is 8.27. The van der Waals surface area contributed by atoms with Crippen molar-refractivity contribution in [3.63, 3.8) is 0 Å². The van der Waals surface area contributed by atoms with E-state index in [0.717, 1.165) is 6.54 Å². The molecule has 72 valence electrons. The molecule has 0 amide bonds. The summed E-state index contributed by atoms with van der Waals surface area (Å²) in [4.78, 5) is 2.04. The molecule has 0 unspecified atom stereocenters. The van der Waals surface area contributed by atoms with Gasteiger partial charge in [-0.1, -0.05) is 6.08 Å². The van der Waals surface area contributed by atoms with Crippen LogP contribution in [0.15, 0.2) is 12.7 Å². The molecule has 1 rings (SSSR count). The molecule has 0 saturated carbocycles. The van der Waals surface area contributed by atoms with Gasteiger partial charge in [0.25, 0.3) is 0 Å². The molecule has 0 radical (unpaired) electrons. The Morgan fingerprint density at radius 2 is 2.33 bits per heavy atom. The third-order valence-electron chi connectivity index (χ3n) is 2.11. The third kappa shape index (κ3) is 2.73. The Kier molecular flexibility index (Phi) is 5.46. The van der Waals surface area contributed by atoms with Crippen molar-refractivity contribution < 1.29 is 4.39 Å².